The van der Waals surface area contributed by atoms with Gasteiger partial charge in [0.2, 0.25) is 11.8 Å². The number of nitrogens with one attached hydrogen (secondary N) is 2. The van der Waals surface area contributed by atoms with Gasteiger partial charge >= 0.3 is 0 Å². The molecule has 2 heterocycles. The molecule has 0 spiro atoms. The summed E-state index contributed by atoms with van der Waals surface area (Å²) in [5, 5.41) is 15.6. The highest BCUT2D eigenvalue weighted by atomic mass is 32.1. The number of likely N-dealkylation sites (N-methyl/N-ethyl adjacent to an activating group) is 1. The molecule has 2 N–H and O–H groups in total. The van der Waals surface area contributed by atoms with E-state index >= 15 is 0 Å². The van der Waals surface area contributed by atoms with Gasteiger partial charge in [-0.1, -0.05) is 6.07 Å². The van der Waals surface area contributed by atoms with E-state index in [0.717, 1.165) is 30.4 Å². The van der Waals surface area contributed by atoms with Crippen LogP contribution >= 0.6 is 11.3 Å². The van der Waals surface area contributed by atoms with Crippen molar-refractivity contribution in [2.75, 3.05) is 30.8 Å². The lowest BCUT2D eigenvalue weighted by Crippen LogP contribution is -2.32. The lowest BCUT2D eigenvalue weighted by Gasteiger charge is -2.15. The molecule has 2 aromatic rings. The van der Waals surface area contributed by atoms with Gasteiger partial charge in [-0.05, 0) is 50.4 Å². The summed E-state index contributed by atoms with van der Waals surface area (Å²) in [5.74, 6) is 0.182. The summed E-state index contributed by atoms with van der Waals surface area (Å²) in [5.41, 5.74) is 2.74. The summed E-state index contributed by atoms with van der Waals surface area (Å²) in [4.78, 5) is 31.5. The Labute approximate surface area is 168 Å². The van der Waals surface area contributed by atoms with Crippen molar-refractivity contribution in [3.8, 4) is 6.07 Å². The number of carbonyl (C=O) groups excluding carboxylic acids is 2. The molecule has 0 fully saturated rings. The molecule has 2 amide bonds. The Morgan fingerprint density at radius 2 is 2.11 bits per heavy atom. The van der Waals surface area contributed by atoms with Gasteiger partial charge in [-0.25, -0.2) is 4.98 Å². The zero-order valence-corrected chi connectivity index (χ0v) is 16.9. The summed E-state index contributed by atoms with van der Waals surface area (Å²) >= 11 is 1.51. The first-order valence-corrected chi connectivity index (χ1v) is 10.0. The minimum atomic E-state index is -0.180. The smallest absolute Gasteiger partial charge is 0.239 e. The van der Waals surface area contributed by atoms with E-state index in [-0.39, 0.29) is 24.8 Å². The maximum absolute atomic E-state index is 12.3. The number of hydrogen-bond acceptors (Lipinski definition) is 6. The molecule has 28 heavy (non-hydrogen) atoms. The number of anilines is 2. The number of pyridine rings is 1. The highest BCUT2D eigenvalue weighted by Gasteiger charge is 2.23. The minimum Gasteiger partial charge on any atom is -0.317 e. The minimum absolute atomic E-state index is 0.149. The fraction of sp³-hybridized carbons (Fsp3) is 0.400. The lowest BCUT2D eigenvalue weighted by molar-refractivity contribution is -0.119. The first-order valence-electron chi connectivity index (χ1n) is 9.22. The highest BCUT2D eigenvalue weighted by Crippen LogP contribution is 2.38. The molecule has 1 aliphatic rings. The predicted molar refractivity (Wildman–Crippen MR) is 109 cm³/mol. The van der Waals surface area contributed by atoms with Crippen LogP contribution in [0.1, 0.15) is 34.4 Å². The molecule has 3 rings (SSSR count). The van der Waals surface area contributed by atoms with Crippen molar-refractivity contribution in [2.24, 2.45) is 0 Å². The van der Waals surface area contributed by atoms with Crippen LogP contribution in [0.15, 0.2) is 18.3 Å². The molecule has 0 bridgehead atoms. The number of aromatic nitrogens is 1. The van der Waals surface area contributed by atoms with Crippen LogP contribution in [0, 0.1) is 18.3 Å². The van der Waals surface area contributed by atoms with Crippen LogP contribution < -0.4 is 10.6 Å². The van der Waals surface area contributed by atoms with E-state index in [1.165, 1.54) is 16.2 Å². The summed E-state index contributed by atoms with van der Waals surface area (Å²) < 4.78 is 0. The number of nitriles is 1. The van der Waals surface area contributed by atoms with Gasteiger partial charge in [-0.2, -0.15) is 5.26 Å². The number of fused-ring (bicyclic) bond motifs is 1. The number of carbonyl (C=O) groups is 2. The Hall–Kier alpha value is -2.76. The topological polar surface area (TPSA) is 98.1 Å². The molecular formula is C20H23N5O2S. The number of nitrogens with zero attached hydrogens (tertiary/aromatic N) is 3. The van der Waals surface area contributed by atoms with E-state index in [2.05, 4.69) is 21.7 Å². The molecule has 0 saturated heterocycles. The van der Waals surface area contributed by atoms with Gasteiger partial charge in [-0.15, -0.1) is 11.3 Å². The average molecular weight is 398 g/mol. The molecule has 0 atom stereocenters. The van der Waals surface area contributed by atoms with E-state index < -0.39 is 0 Å². The van der Waals surface area contributed by atoms with Crippen LogP contribution in [-0.4, -0.2) is 41.8 Å². The van der Waals surface area contributed by atoms with E-state index in [9.17, 15) is 14.9 Å². The average Bonchev–Trinajstić information content (AvgIpc) is 3.22. The van der Waals surface area contributed by atoms with Gasteiger partial charge in [-0.3, -0.25) is 14.5 Å². The molecule has 0 unspecified atom stereocenters. The summed E-state index contributed by atoms with van der Waals surface area (Å²) in [7, 11) is 1.79. The number of amides is 2. The second-order valence-electron chi connectivity index (χ2n) is 6.98. The molecule has 0 aliphatic heterocycles. The van der Waals surface area contributed by atoms with Crippen LogP contribution in [0.4, 0.5) is 10.8 Å². The fourth-order valence-corrected chi connectivity index (χ4v) is 4.40. The van der Waals surface area contributed by atoms with Gasteiger partial charge < -0.3 is 10.6 Å². The standard InChI is InChI=1S/C20H23N5O2S/c1-13-6-7-17(22-11-13)23-19(27)12-25(2)9-8-18(26)24-20-15(10-21)14-4-3-5-16(14)28-20/h6-7,11H,3-5,8-9,12H2,1-2H3,(H,24,26)(H,22,23,27). The van der Waals surface area contributed by atoms with Crippen molar-refractivity contribution >= 4 is 34.0 Å². The molecule has 2 aromatic heterocycles. The van der Waals surface area contributed by atoms with Crippen molar-refractivity contribution in [1.29, 1.82) is 5.26 Å². The van der Waals surface area contributed by atoms with Crippen molar-refractivity contribution in [1.82, 2.24) is 9.88 Å². The molecule has 8 heteroatoms. The van der Waals surface area contributed by atoms with Gasteiger partial charge in [0, 0.05) is 24.0 Å². The third-order valence-electron chi connectivity index (χ3n) is 4.60. The first kappa shape index (κ1) is 20.0. The second kappa shape index (κ2) is 8.95. The molecule has 1 aliphatic carbocycles. The van der Waals surface area contributed by atoms with Gasteiger partial charge in [0.05, 0.1) is 12.1 Å². The zero-order chi connectivity index (χ0) is 20.1. The SMILES string of the molecule is Cc1ccc(NC(=O)CN(C)CCC(=O)Nc2sc3c(c2C#N)CCC3)nc1. The van der Waals surface area contributed by atoms with Crippen molar-refractivity contribution < 1.29 is 9.59 Å². The zero-order valence-electron chi connectivity index (χ0n) is 16.0. The lowest BCUT2D eigenvalue weighted by atomic mass is 10.1. The number of thiophene rings is 1. The largest absolute Gasteiger partial charge is 0.317 e. The Balaban J connectivity index is 1.45. The third-order valence-corrected chi connectivity index (χ3v) is 5.81. The molecule has 0 aromatic carbocycles. The summed E-state index contributed by atoms with van der Waals surface area (Å²) in [6, 6.07) is 5.86. The van der Waals surface area contributed by atoms with Crippen LogP contribution in [0.25, 0.3) is 0 Å². The van der Waals surface area contributed by atoms with Crippen molar-refractivity contribution in [2.45, 2.75) is 32.6 Å². The molecule has 7 nitrogen and oxygen atoms in total. The quantitative estimate of drug-likeness (QED) is 0.749. The number of aryl methyl sites for hydroxylation is 2. The molecular weight excluding hydrogens is 374 g/mol. The van der Waals surface area contributed by atoms with Crippen LogP contribution in [0.2, 0.25) is 0 Å². The summed E-state index contributed by atoms with van der Waals surface area (Å²) in [6.45, 7) is 2.54. The Morgan fingerprint density at radius 1 is 1.29 bits per heavy atom. The van der Waals surface area contributed by atoms with Crippen LogP contribution in [-0.2, 0) is 22.4 Å². The predicted octanol–water partition coefficient (Wildman–Crippen LogP) is 2.71. The van der Waals surface area contributed by atoms with Gasteiger partial charge in [0.1, 0.15) is 16.9 Å². The third kappa shape index (κ3) is 4.94. The van der Waals surface area contributed by atoms with Crippen LogP contribution in [0.5, 0.6) is 0 Å². The second-order valence-corrected chi connectivity index (χ2v) is 8.08. The van der Waals surface area contributed by atoms with Gasteiger partial charge in [0.25, 0.3) is 0 Å². The van der Waals surface area contributed by atoms with E-state index in [0.29, 0.717) is 22.9 Å². The van der Waals surface area contributed by atoms with Crippen molar-refractivity contribution in [3.63, 3.8) is 0 Å². The van der Waals surface area contributed by atoms with Crippen LogP contribution in [0.3, 0.4) is 0 Å². The number of hydrogen-bond donors (Lipinski definition) is 2. The molecule has 0 radical (unpaired) electrons. The Morgan fingerprint density at radius 3 is 2.82 bits per heavy atom. The normalized spacial score (nSPS) is 12.5. The maximum atomic E-state index is 12.3. The fourth-order valence-electron chi connectivity index (χ4n) is 3.14. The Kier molecular flexibility index (Phi) is 6.39. The van der Waals surface area contributed by atoms with E-state index in [1.54, 1.807) is 24.2 Å². The highest BCUT2D eigenvalue weighted by molar-refractivity contribution is 7.16. The molecule has 0 saturated carbocycles. The Bertz CT molecular complexity index is 914. The monoisotopic (exact) mass is 397 g/mol. The van der Waals surface area contributed by atoms with Crippen molar-refractivity contribution in [3.05, 3.63) is 39.9 Å². The van der Waals surface area contributed by atoms with E-state index in [4.69, 9.17) is 0 Å². The maximum Gasteiger partial charge on any atom is 0.239 e. The summed E-state index contributed by atoms with van der Waals surface area (Å²) in [6.07, 6.45) is 4.92. The number of rotatable bonds is 7. The molecule has 146 valence electrons. The van der Waals surface area contributed by atoms with Gasteiger partial charge in [0.15, 0.2) is 0 Å². The first-order chi connectivity index (χ1) is 13.5. The van der Waals surface area contributed by atoms with E-state index in [1.807, 2.05) is 13.0 Å².